The van der Waals surface area contributed by atoms with Crippen molar-refractivity contribution < 1.29 is 14.4 Å². The highest BCUT2D eigenvalue weighted by Gasteiger charge is 2.28. The van der Waals surface area contributed by atoms with Gasteiger partial charge >= 0.3 is 0 Å². The van der Waals surface area contributed by atoms with Crippen molar-refractivity contribution in [3.8, 4) is 0 Å². The van der Waals surface area contributed by atoms with Crippen molar-refractivity contribution in [1.82, 2.24) is 24.7 Å². The van der Waals surface area contributed by atoms with Crippen molar-refractivity contribution in [2.45, 2.75) is 32.0 Å². The molecule has 9 nitrogen and oxygen atoms in total. The molecule has 3 amide bonds. The minimum Gasteiger partial charge on any atom is -0.346 e. The van der Waals surface area contributed by atoms with E-state index in [0.717, 1.165) is 10.9 Å². The van der Waals surface area contributed by atoms with Crippen LogP contribution in [0.2, 0.25) is 0 Å². The van der Waals surface area contributed by atoms with E-state index in [4.69, 9.17) is 5.73 Å². The number of amides is 3. The van der Waals surface area contributed by atoms with Crippen molar-refractivity contribution in [1.29, 1.82) is 0 Å². The number of piperazine rings is 1. The Balaban J connectivity index is 1.23. The standard InChI is InChI=1S/C25H30N6O3/c1-18(28-24(33)23(26)20-5-3-2-4-6-20)25(34)31-15-13-30(14-16-31)22(32)9-12-29-11-8-19-7-10-27-17-21(19)29/h2-8,10-11,17-18,23H,9,12-16,26H2,1H3,(H,28,33)/t18-,23+/m0/s1. The number of aryl methyl sites for hydroxylation is 1. The van der Waals surface area contributed by atoms with Crippen molar-refractivity contribution >= 4 is 28.6 Å². The molecule has 9 heteroatoms. The third-order valence-corrected chi connectivity index (χ3v) is 6.26. The monoisotopic (exact) mass is 462 g/mol. The Bertz CT molecular complexity index is 1150. The van der Waals surface area contributed by atoms with Gasteiger partial charge in [-0.15, -0.1) is 0 Å². The normalized spacial score (nSPS) is 15.7. The number of fused-ring (bicyclic) bond motifs is 1. The summed E-state index contributed by atoms with van der Waals surface area (Å²) in [5, 5.41) is 3.81. The van der Waals surface area contributed by atoms with Crippen LogP contribution in [0.15, 0.2) is 61.1 Å². The zero-order valence-electron chi connectivity index (χ0n) is 19.3. The number of aromatic nitrogens is 2. The summed E-state index contributed by atoms with van der Waals surface area (Å²) in [6.45, 7) is 4.06. The van der Waals surface area contributed by atoms with E-state index in [1.807, 2.05) is 41.1 Å². The molecule has 0 unspecified atom stereocenters. The molecular weight excluding hydrogens is 432 g/mol. The maximum absolute atomic E-state index is 12.8. The second-order valence-corrected chi connectivity index (χ2v) is 8.52. The van der Waals surface area contributed by atoms with Gasteiger partial charge < -0.3 is 25.4 Å². The van der Waals surface area contributed by atoms with Gasteiger partial charge in [0.2, 0.25) is 17.7 Å². The first-order valence-electron chi connectivity index (χ1n) is 11.5. The highest BCUT2D eigenvalue weighted by Crippen LogP contribution is 2.15. The highest BCUT2D eigenvalue weighted by atomic mass is 16.2. The van der Waals surface area contributed by atoms with Crippen LogP contribution >= 0.6 is 0 Å². The molecule has 1 fully saturated rings. The maximum atomic E-state index is 12.8. The lowest BCUT2D eigenvalue weighted by Gasteiger charge is -2.36. The van der Waals surface area contributed by atoms with E-state index in [1.54, 1.807) is 41.2 Å². The van der Waals surface area contributed by atoms with Crippen LogP contribution in [0.3, 0.4) is 0 Å². The molecule has 0 aliphatic carbocycles. The summed E-state index contributed by atoms with van der Waals surface area (Å²) in [6, 6.07) is 11.5. The fraction of sp³-hybridized carbons (Fsp3) is 0.360. The Morgan fingerprint density at radius 2 is 1.74 bits per heavy atom. The third kappa shape index (κ3) is 5.26. The number of nitrogens with one attached hydrogen (secondary N) is 1. The second-order valence-electron chi connectivity index (χ2n) is 8.52. The van der Waals surface area contributed by atoms with Crippen LogP contribution in [-0.4, -0.2) is 69.3 Å². The van der Waals surface area contributed by atoms with E-state index in [2.05, 4.69) is 10.3 Å². The van der Waals surface area contributed by atoms with Crippen molar-refractivity contribution in [3.05, 3.63) is 66.6 Å². The first-order valence-corrected chi connectivity index (χ1v) is 11.5. The minimum atomic E-state index is -0.834. The quantitative estimate of drug-likeness (QED) is 0.550. The summed E-state index contributed by atoms with van der Waals surface area (Å²) in [6.07, 6.45) is 5.91. The lowest BCUT2D eigenvalue weighted by atomic mass is 10.1. The van der Waals surface area contributed by atoms with Gasteiger partial charge in [0.05, 0.1) is 11.7 Å². The van der Waals surface area contributed by atoms with Crippen molar-refractivity contribution in [2.75, 3.05) is 26.2 Å². The number of hydrogen-bond acceptors (Lipinski definition) is 5. The van der Waals surface area contributed by atoms with Crippen LogP contribution in [-0.2, 0) is 20.9 Å². The van der Waals surface area contributed by atoms with Crippen LogP contribution in [0.1, 0.15) is 24.9 Å². The molecule has 4 rings (SSSR count). The van der Waals surface area contributed by atoms with Gasteiger partial charge in [0.25, 0.3) is 0 Å². The van der Waals surface area contributed by atoms with E-state index >= 15 is 0 Å². The SMILES string of the molecule is C[C@H](NC(=O)[C@H](N)c1ccccc1)C(=O)N1CCN(C(=O)CCn2ccc3ccncc32)CC1. The summed E-state index contributed by atoms with van der Waals surface area (Å²) in [7, 11) is 0. The van der Waals surface area contributed by atoms with Gasteiger partial charge in [-0.1, -0.05) is 30.3 Å². The Morgan fingerprint density at radius 3 is 2.47 bits per heavy atom. The number of pyridine rings is 1. The molecule has 2 aromatic heterocycles. The number of carbonyl (C=O) groups is 3. The average molecular weight is 463 g/mol. The van der Waals surface area contributed by atoms with Gasteiger partial charge in [-0.2, -0.15) is 0 Å². The van der Waals surface area contributed by atoms with E-state index in [9.17, 15) is 14.4 Å². The van der Waals surface area contributed by atoms with Crippen molar-refractivity contribution in [2.24, 2.45) is 5.73 Å². The maximum Gasteiger partial charge on any atom is 0.244 e. The summed E-state index contributed by atoms with van der Waals surface area (Å²) in [5.41, 5.74) is 7.72. The molecule has 0 radical (unpaired) electrons. The number of carbonyl (C=O) groups excluding carboxylic acids is 3. The summed E-state index contributed by atoms with van der Waals surface area (Å²) in [5.74, 6) is -0.506. The van der Waals surface area contributed by atoms with Crippen LogP contribution < -0.4 is 11.1 Å². The summed E-state index contributed by atoms with van der Waals surface area (Å²) < 4.78 is 2.03. The Kier molecular flexibility index (Phi) is 7.22. The molecule has 3 aromatic rings. The topological polar surface area (TPSA) is 114 Å². The number of nitrogens with two attached hydrogens (primary N) is 1. The molecule has 1 saturated heterocycles. The predicted molar refractivity (Wildman–Crippen MR) is 128 cm³/mol. The zero-order chi connectivity index (χ0) is 24.1. The summed E-state index contributed by atoms with van der Waals surface area (Å²) >= 11 is 0. The van der Waals surface area contributed by atoms with Gasteiger partial charge in [0.1, 0.15) is 12.1 Å². The van der Waals surface area contributed by atoms with Crippen LogP contribution in [0.5, 0.6) is 0 Å². The number of hydrogen-bond donors (Lipinski definition) is 2. The molecule has 34 heavy (non-hydrogen) atoms. The van der Waals surface area contributed by atoms with E-state index < -0.39 is 18.0 Å². The van der Waals surface area contributed by atoms with Crippen LogP contribution in [0.4, 0.5) is 0 Å². The third-order valence-electron chi connectivity index (χ3n) is 6.26. The second kappa shape index (κ2) is 10.5. The molecule has 1 aromatic carbocycles. The predicted octanol–water partition coefficient (Wildman–Crippen LogP) is 1.30. The van der Waals surface area contributed by atoms with Gasteiger partial charge in [0.15, 0.2) is 0 Å². The largest absolute Gasteiger partial charge is 0.346 e. The van der Waals surface area contributed by atoms with Gasteiger partial charge in [-0.25, -0.2) is 0 Å². The smallest absolute Gasteiger partial charge is 0.244 e. The number of benzene rings is 1. The van der Waals surface area contributed by atoms with Gasteiger partial charge in [-0.3, -0.25) is 19.4 Å². The number of rotatable bonds is 7. The lowest BCUT2D eigenvalue weighted by molar-refractivity contribution is -0.141. The lowest BCUT2D eigenvalue weighted by Crippen LogP contribution is -2.55. The van der Waals surface area contributed by atoms with Crippen molar-refractivity contribution in [3.63, 3.8) is 0 Å². The molecule has 1 aliphatic heterocycles. The molecule has 178 valence electrons. The molecule has 0 saturated carbocycles. The zero-order valence-corrected chi connectivity index (χ0v) is 19.3. The van der Waals surface area contributed by atoms with Crippen LogP contribution in [0.25, 0.3) is 10.9 Å². The molecule has 2 atom stereocenters. The highest BCUT2D eigenvalue weighted by molar-refractivity contribution is 5.90. The van der Waals surface area contributed by atoms with E-state index in [-0.39, 0.29) is 11.8 Å². The fourth-order valence-electron chi connectivity index (χ4n) is 4.22. The minimum absolute atomic E-state index is 0.0630. The molecule has 0 spiro atoms. The number of nitrogens with zero attached hydrogens (tertiary/aromatic N) is 4. The molecular formula is C25H30N6O3. The average Bonchev–Trinajstić information content (AvgIpc) is 3.30. The Labute approximate surface area is 198 Å². The van der Waals surface area contributed by atoms with Crippen LogP contribution in [0, 0.1) is 0 Å². The molecule has 3 N–H and O–H groups in total. The van der Waals surface area contributed by atoms with Gasteiger partial charge in [-0.05, 0) is 24.6 Å². The van der Waals surface area contributed by atoms with E-state index in [1.165, 1.54) is 0 Å². The fourth-order valence-corrected chi connectivity index (χ4v) is 4.22. The Hall–Kier alpha value is -3.72. The molecule has 1 aliphatic rings. The van der Waals surface area contributed by atoms with E-state index in [0.29, 0.717) is 44.7 Å². The molecule has 0 bridgehead atoms. The first-order chi connectivity index (χ1) is 16.4. The summed E-state index contributed by atoms with van der Waals surface area (Å²) in [4.78, 5) is 45.7. The first kappa shape index (κ1) is 23.4. The van der Waals surface area contributed by atoms with Gasteiger partial charge in [0, 0.05) is 56.9 Å². The molecule has 3 heterocycles. The Morgan fingerprint density at radius 1 is 1.03 bits per heavy atom.